The topological polar surface area (TPSA) is 56.1 Å². The third kappa shape index (κ3) is 4.06. The number of benzene rings is 4. The molecule has 0 fully saturated rings. The maximum Gasteiger partial charge on any atom is 0.217 e. The van der Waals surface area contributed by atoms with Crippen LogP contribution in [0.2, 0.25) is 0 Å². The smallest absolute Gasteiger partial charge is 0.217 e. The maximum atomic E-state index is 12.4. The third-order valence-corrected chi connectivity index (χ3v) is 7.09. The van der Waals surface area contributed by atoms with Gasteiger partial charge in [-0.15, -0.1) is 0 Å². The van der Waals surface area contributed by atoms with Crippen LogP contribution in [0.25, 0.3) is 22.2 Å². The predicted molar refractivity (Wildman–Crippen MR) is 147 cm³/mol. The summed E-state index contributed by atoms with van der Waals surface area (Å²) < 4.78 is 8.59. The van der Waals surface area contributed by atoms with E-state index >= 15 is 0 Å². The summed E-state index contributed by atoms with van der Waals surface area (Å²) in [5, 5.41) is 3.21. The largest absolute Gasteiger partial charge is 0.457 e. The molecule has 0 aliphatic carbocycles. The first-order chi connectivity index (χ1) is 18.0. The van der Waals surface area contributed by atoms with E-state index in [1.165, 1.54) is 16.7 Å². The van der Waals surface area contributed by atoms with Crippen LogP contribution in [0.1, 0.15) is 55.0 Å². The minimum absolute atomic E-state index is 0.0790. The number of rotatable bonds is 5. The molecule has 1 aromatic heterocycles. The number of nitrogens with one attached hydrogen (secondary N) is 1. The minimum atomic E-state index is -0.309. The Morgan fingerprint density at radius 1 is 0.946 bits per heavy atom. The number of aromatic nitrogens is 2. The highest BCUT2D eigenvalue weighted by Crippen LogP contribution is 2.48. The molecule has 37 heavy (non-hydrogen) atoms. The lowest BCUT2D eigenvalue weighted by molar-refractivity contribution is -0.119. The zero-order valence-electron chi connectivity index (χ0n) is 21.2. The molecule has 1 N–H and O–H groups in total. The fraction of sp³-hybridized carbons (Fsp3) is 0.188. The Balaban J connectivity index is 1.57. The van der Waals surface area contributed by atoms with Crippen LogP contribution in [0.5, 0.6) is 11.5 Å². The molecule has 1 aliphatic heterocycles. The van der Waals surface area contributed by atoms with Crippen LogP contribution in [-0.4, -0.2) is 15.5 Å². The first-order valence-corrected chi connectivity index (χ1v) is 12.7. The number of carbonyl (C=O) groups excluding carboxylic acids is 1. The quantitative estimate of drug-likeness (QED) is 0.285. The Hall–Kier alpha value is -4.38. The molecule has 0 spiro atoms. The van der Waals surface area contributed by atoms with Crippen molar-refractivity contribution in [3.05, 3.63) is 114 Å². The van der Waals surface area contributed by atoms with Crippen molar-refractivity contribution in [1.82, 2.24) is 14.9 Å². The lowest BCUT2D eigenvalue weighted by Crippen LogP contribution is -2.29. The number of amides is 1. The normalized spacial score (nSPS) is 14.2. The number of imidazole rings is 1. The van der Waals surface area contributed by atoms with Crippen LogP contribution < -0.4 is 10.1 Å². The van der Waals surface area contributed by atoms with E-state index < -0.39 is 0 Å². The van der Waals surface area contributed by atoms with E-state index in [0.717, 1.165) is 39.2 Å². The van der Waals surface area contributed by atoms with Gasteiger partial charge in [-0.05, 0) is 52.4 Å². The summed E-state index contributed by atoms with van der Waals surface area (Å²) in [7, 11) is 0. The van der Waals surface area contributed by atoms with Crippen molar-refractivity contribution in [3.63, 3.8) is 0 Å². The summed E-state index contributed by atoms with van der Waals surface area (Å²) in [6, 6.07) is 28.6. The van der Waals surface area contributed by atoms with Gasteiger partial charge in [-0.3, -0.25) is 4.79 Å². The van der Waals surface area contributed by atoms with Crippen LogP contribution in [0, 0.1) is 0 Å². The monoisotopic (exact) mass is 487 g/mol. The molecule has 5 nitrogen and oxygen atoms in total. The molecule has 1 amide bonds. The fourth-order valence-electron chi connectivity index (χ4n) is 5.47. The molecule has 1 atom stereocenters. The Bertz CT molecular complexity index is 1630. The van der Waals surface area contributed by atoms with Gasteiger partial charge in [0.1, 0.15) is 11.5 Å². The Morgan fingerprint density at radius 3 is 2.54 bits per heavy atom. The van der Waals surface area contributed by atoms with Gasteiger partial charge in [0.05, 0.1) is 23.4 Å². The molecule has 1 unspecified atom stereocenters. The number of carbonyl (C=O) groups is 1. The summed E-state index contributed by atoms with van der Waals surface area (Å²) in [5.74, 6) is 1.77. The highest BCUT2D eigenvalue weighted by atomic mass is 16.5. The van der Waals surface area contributed by atoms with E-state index in [1.807, 2.05) is 60.9 Å². The molecule has 2 heterocycles. The number of nitrogens with zero attached hydrogens (tertiary/aromatic N) is 2. The van der Waals surface area contributed by atoms with Gasteiger partial charge in [-0.25, -0.2) is 4.98 Å². The molecule has 5 heteroatoms. The van der Waals surface area contributed by atoms with Crippen LogP contribution in [0.4, 0.5) is 0 Å². The Labute approximate surface area is 216 Å². The molecule has 0 radical (unpaired) electrons. The first kappa shape index (κ1) is 23.0. The molecule has 6 rings (SSSR count). The number of ether oxygens (including phenoxy) is 1. The van der Waals surface area contributed by atoms with Gasteiger partial charge in [0.25, 0.3) is 0 Å². The van der Waals surface area contributed by atoms with Gasteiger partial charge in [-0.2, -0.15) is 0 Å². The molecular weight excluding hydrogens is 458 g/mol. The maximum absolute atomic E-state index is 12.4. The highest BCUT2D eigenvalue weighted by molar-refractivity contribution is 5.82. The number of fused-ring (bicyclic) bond motifs is 3. The molecule has 4 aromatic carbocycles. The number of hydrogen-bond acceptors (Lipinski definition) is 3. The summed E-state index contributed by atoms with van der Waals surface area (Å²) in [5.41, 5.74) is 8.76. The van der Waals surface area contributed by atoms with Crippen LogP contribution >= 0.6 is 0 Å². The zero-order valence-corrected chi connectivity index (χ0v) is 21.2. The van der Waals surface area contributed by atoms with Gasteiger partial charge in [0, 0.05) is 24.6 Å². The molecule has 0 saturated carbocycles. The first-order valence-electron chi connectivity index (χ1n) is 12.7. The van der Waals surface area contributed by atoms with Crippen molar-refractivity contribution in [3.8, 4) is 22.6 Å². The van der Waals surface area contributed by atoms with E-state index in [-0.39, 0.29) is 11.9 Å². The molecule has 0 bridgehead atoms. The molecule has 0 saturated heterocycles. The molecule has 184 valence electrons. The van der Waals surface area contributed by atoms with Crippen LogP contribution in [0.3, 0.4) is 0 Å². The second kappa shape index (κ2) is 9.25. The summed E-state index contributed by atoms with van der Waals surface area (Å²) in [6.07, 6.45) is 1.91. The average Bonchev–Trinajstić information content (AvgIpc) is 3.30. The van der Waals surface area contributed by atoms with E-state index in [0.29, 0.717) is 12.5 Å². The zero-order chi connectivity index (χ0) is 25.5. The standard InChI is InChI=1S/C32H29N3O2/c1-20(2)23-12-8-10-22(18-35-19-33-26-14-5-6-15-27(26)35)30(23)25-13-9-17-29-31(25)32(34-21(3)36)24-11-4-7-16-28(24)37-29/h4-17,19-20,32H,18H2,1-3H3,(H,34,36). The van der Waals surface area contributed by atoms with Gasteiger partial charge in [0.2, 0.25) is 5.91 Å². The fourth-order valence-corrected chi connectivity index (χ4v) is 5.47. The lowest BCUT2D eigenvalue weighted by atomic mass is 9.82. The second-order valence-electron chi connectivity index (χ2n) is 9.89. The van der Waals surface area contributed by atoms with E-state index in [4.69, 9.17) is 4.74 Å². The Kier molecular flexibility index (Phi) is 5.76. The SMILES string of the molecule is CC(=O)NC1c2ccccc2Oc2cccc(-c3c(Cn4cnc5ccccc54)cccc3C(C)C)c21. The van der Waals surface area contributed by atoms with Gasteiger partial charge in [0.15, 0.2) is 0 Å². The van der Waals surface area contributed by atoms with E-state index in [2.05, 4.69) is 59.0 Å². The van der Waals surface area contributed by atoms with E-state index in [9.17, 15) is 4.79 Å². The molecule has 1 aliphatic rings. The van der Waals surface area contributed by atoms with Gasteiger partial charge >= 0.3 is 0 Å². The molecule has 5 aromatic rings. The Morgan fingerprint density at radius 2 is 1.70 bits per heavy atom. The van der Waals surface area contributed by atoms with Crippen molar-refractivity contribution in [2.45, 2.75) is 39.3 Å². The molecular formula is C32H29N3O2. The lowest BCUT2D eigenvalue weighted by Gasteiger charge is -2.32. The minimum Gasteiger partial charge on any atom is -0.457 e. The second-order valence-corrected chi connectivity index (χ2v) is 9.89. The third-order valence-electron chi connectivity index (χ3n) is 7.09. The number of para-hydroxylation sites is 3. The summed E-state index contributed by atoms with van der Waals surface area (Å²) in [6.45, 7) is 6.70. The van der Waals surface area contributed by atoms with Crippen molar-refractivity contribution >= 4 is 16.9 Å². The van der Waals surface area contributed by atoms with Gasteiger partial charge < -0.3 is 14.6 Å². The van der Waals surface area contributed by atoms with Gasteiger partial charge in [-0.1, -0.05) is 74.5 Å². The van der Waals surface area contributed by atoms with E-state index in [1.54, 1.807) is 6.92 Å². The van der Waals surface area contributed by atoms with Crippen LogP contribution in [0.15, 0.2) is 91.3 Å². The summed E-state index contributed by atoms with van der Waals surface area (Å²) >= 11 is 0. The van der Waals surface area contributed by atoms with Crippen molar-refractivity contribution in [1.29, 1.82) is 0 Å². The van der Waals surface area contributed by atoms with Crippen molar-refractivity contribution < 1.29 is 9.53 Å². The van der Waals surface area contributed by atoms with Crippen molar-refractivity contribution in [2.75, 3.05) is 0 Å². The van der Waals surface area contributed by atoms with Crippen LogP contribution in [-0.2, 0) is 11.3 Å². The van der Waals surface area contributed by atoms with Crippen molar-refractivity contribution in [2.24, 2.45) is 0 Å². The summed E-state index contributed by atoms with van der Waals surface area (Å²) in [4.78, 5) is 17.0. The average molecular weight is 488 g/mol. The number of hydrogen-bond donors (Lipinski definition) is 1. The highest BCUT2D eigenvalue weighted by Gasteiger charge is 2.31. The predicted octanol–water partition coefficient (Wildman–Crippen LogP) is 7.21.